The van der Waals surface area contributed by atoms with E-state index in [1.54, 1.807) is 0 Å². The fourth-order valence-electron chi connectivity index (χ4n) is 2.77. The van der Waals surface area contributed by atoms with Gasteiger partial charge in [0.15, 0.2) is 0 Å². The molecule has 0 bridgehead atoms. The molecular formula is C14H20N2O4S. The van der Waals surface area contributed by atoms with Gasteiger partial charge in [-0.1, -0.05) is 13.8 Å². The molecule has 0 amide bonds. The Morgan fingerprint density at radius 2 is 2.05 bits per heavy atom. The van der Waals surface area contributed by atoms with Crippen molar-refractivity contribution in [3.05, 3.63) is 23.8 Å². The van der Waals surface area contributed by atoms with Gasteiger partial charge in [0.05, 0.1) is 16.1 Å². The van der Waals surface area contributed by atoms with Gasteiger partial charge in [-0.2, -0.15) is 0 Å². The van der Waals surface area contributed by atoms with E-state index in [1.165, 1.54) is 12.1 Å². The van der Waals surface area contributed by atoms with Gasteiger partial charge in [0.25, 0.3) is 0 Å². The monoisotopic (exact) mass is 312 g/mol. The maximum Gasteiger partial charge on any atom is 0.337 e. The number of rotatable bonds is 3. The number of anilines is 1. The highest BCUT2D eigenvalue weighted by atomic mass is 32.2. The molecule has 0 aliphatic carbocycles. The summed E-state index contributed by atoms with van der Waals surface area (Å²) in [7, 11) is -3.91. The average molecular weight is 312 g/mol. The van der Waals surface area contributed by atoms with E-state index >= 15 is 0 Å². The van der Waals surface area contributed by atoms with Gasteiger partial charge in [-0.15, -0.1) is 0 Å². The van der Waals surface area contributed by atoms with Gasteiger partial charge in [0.2, 0.25) is 10.0 Å². The highest BCUT2D eigenvalue weighted by molar-refractivity contribution is 7.89. The van der Waals surface area contributed by atoms with E-state index in [9.17, 15) is 18.3 Å². The first-order chi connectivity index (χ1) is 9.60. The Hall–Kier alpha value is -1.60. The lowest BCUT2D eigenvalue weighted by atomic mass is 9.84. The van der Waals surface area contributed by atoms with Gasteiger partial charge < -0.3 is 10.0 Å². The maximum atomic E-state index is 11.4. The van der Waals surface area contributed by atoms with Gasteiger partial charge in [0.1, 0.15) is 0 Å². The summed E-state index contributed by atoms with van der Waals surface area (Å²) in [4.78, 5) is 13.3. The zero-order valence-corrected chi connectivity index (χ0v) is 13.0. The lowest BCUT2D eigenvalue weighted by Gasteiger charge is -2.40. The van der Waals surface area contributed by atoms with Crippen LogP contribution >= 0.6 is 0 Å². The minimum atomic E-state index is -3.91. The molecule has 1 fully saturated rings. The van der Waals surface area contributed by atoms with Crippen LogP contribution in [0.5, 0.6) is 0 Å². The molecule has 3 N–H and O–H groups in total. The second-order valence-corrected chi connectivity index (χ2v) is 7.78. The van der Waals surface area contributed by atoms with E-state index in [4.69, 9.17) is 5.14 Å². The molecule has 0 saturated carbocycles. The topological polar surface area (TPSA) is 101 Å². The standard InChI is InChI=1S/C14H20N2O4S/c1-14(2)6-3-7-16(9-14)12-5-4-10(21(15,19)20)8-11(12)13(17)18/h4-5,8H,3,6-7,9H2,1-2H3,(H,17,18)(H2,15,19,20). The number of piperidine rings is 1. The van der Waals surface area contributed by atoms with Gasteiger partial charge >= 0.3 is 5.97 Å². The van der Waals surface area contributed by atoms with Crippen molar-refractivity contribution in [1.82, 2.24) is 0 Å². The third-order valence-electron chi connectivity index (χ3n) is 3.77. The Morgan fingerprint density at radius 1 is 1.38 bits per heavy atom. The Balaban J connectivity index is 2.46. The SMILES string of the molecule is CC1(C)CCCN(c2ccc(S(N)(=O)=O)cc2C(=O)O)C1. The van der Waals surface area contributed by atoms with E-state index in [0.29, 0.717) is 5.69 Å². The minimum Gasteiger partial charge on any atom is -0.478 e. The molecule has 0 unspecified atom stereocenters. The summed E-state index contributed by atoms with van der Waals surface area (Å²) in [5, 5.41) is 14.4. The normalized spacial score (nSPS) is 18.5. The zero-order chi connectivity index (χ0) is 15.8. The van der Waals surface area contributed by atoms with Crippen LogP contribution in [0.4, 0.5) is 5.69 Å². The summed E-state index contributed by atoms with van der Waals surface area (Å²) in [5.41, 5.74) is 0.619. The lowest BCUT2D eigenvalue weighted by Crippen LogP contribution is -2.40. The molecular weight excluding hydrogens is 292 g/mol. The molecule has 0 atom stereocenters. The smallest absolute Gasteiger partial charge is 0.337 e. The Labute approximate surface area is 124 Å². The average Bonchev–Trinajstić information content (AvgIpc) is 2.35. The van der Waals surface area contributed by atoms with Crippen molar-refractivity contribution < 1.29 is 18.3 Å². The number of carboxylic acid groups (broad SMARTS) is 1. The summed E-state index contributed by atoms with van der Waals surface area (Å²) in [6, 6.07) is 4.03. The van der Waals surface area contributed by atoms with Crippen LogP contribution in [0.3, 0.4) is 0 Å². The zero-order valence-electron chi connectivity index (χ0n) is 12.2. The molecule has 1 saturated heterocycles. The number of hydrogen-bond acceptors (Lipinski definition) is 4. The largest absolute Gasteiger partial charge is 0.478 e. The van der Waals surface area contributed by atoms with Crippen LogP contribution in [0.2, 0.25) is 0 Å². The van der Waals surface area contributed by atoms with Crippen LogP contribution in [0.1, 0.15) is 37.0 Å². The predicted molar refractivity (Wildman–Crippen MR) is 80.0 cm³/mol. The molecule has 1 aromatic carbocycles. The number of sulfonamides is 1. The van der Waals surface area contributed by atoms with Gasteiger partial charge in [-0.25, -0.2) is 18.4 Å². The second-order valence-electron chi connectivity index (χ2n) is 6.22. The number of carbonyl (C=O) groups is 1. The van der Waals surface area contributed by atoms with Crippen molar-refractivity contribution in [2.24, 2.45) is 10.6 Å². The second kappa shape index (κ2) is 5.31. The molecule has 0 radical (unpaired) electrons. The molecule has 0 aromatic heterocycles. The highest BCUT2D eigenvalue weighted by Crippen LogP contribution is 2.33. The molecule has 1 heterocycles. The van der Waals surface area contributed by atoms with E-state index < -0.39 is 16.0 Å². The fraction of sp³-hybridized carbons (Fsp3) is 0.500. The van der Waals surface area contributed by atoms with E-state index in [-0.39, 0.29) is 15.9 Å². The Bertz CT molecular complexity index is 668. The third-order valence-corrected chi connectivity index (χ3v) is 4.68. The van der Waals surface area contributed by atoms with Gasteiger partial charge in [-0.3, -0.25) is 0 Å². The van der Waals surface area contributed by atoms with Crippen LogP contribution in [-0.2, 0) is 10.0 Å². The van der Waals surface area contributed by atoms with E-state index in [2.05, 4.69) is 13.8 Å². The van der Waals surface area contributed by atoms with Gasteiger partial charge in [0, 0.05) is 13.1 Å². The molecule has 2 rings (SSSR count). The van der Waals surface area contributed by atoms with Crippen LogP contribution in [0.25, 0.3) is 0 Å². The molecule has 1 aromatic rings. The molecule has 7 heteroatoms. The number of aromatic carboxylic acids is 1. The third kappa shape index (κ3) is 3.54. The minimum absolute atomic E-state index is 0.0285. The summed E-state index contributed by atoms with van der Waals surface area (Å²) in [5.74, 6) is -1.15. The quantitative estimate of drug-likeness (QED) is 0.884. The maximum absolute atomic E-state index is 11.4. The number of hydrogen-bond donors (Lipinski definition) is 2. The van der Waals surface area contributed by atoms with Crippen molar-refractivity contribution >= 4 is 21.7 Å². The molecule has 0 spiro atoms. The number of nitrogens with two attached hydrogens (primary N) is 1. The van der Waals surface area contributed by atoms with Crippen molar-refractivity contribution in [1.29, 1.82) is 0 Å². The number of carboxylic acids is 1. The summed E-state index contributed by atoms with van der Waals surface area (Å²) >= 11 is 0. The van der Waals surface area contributed by atoms with Crippen LogP contribution in [0.15, 0.2) is 23.1 Å². The first-order valence-corrected chi connectivity index (χ1v) is 8.30. The Morgan fingerprint density at radius 3 is 2.57 bits per heavy atom. The molecule has 6 nitrogen and oxygen atoms in total. The fourth-order valence-corrected chi connectivity index (χ4v) is 3.31. The number of primary sulfonamides is 1. The number of benzene rings is 1. The first kappa shape index (κ1) is 15.8. The number of nitrogens with zero attached hydrogens (tertiary/aromatic N) is 1. The van der Waals surface area contributed by atoms with Crippen LogP contribution in [0, 0.1) is 5.41 Å². The predicted octanol–water partition coefficient (Wildman–Crippen LogP) is 1.66. The highest BCUT2D eigenvalue weighted by Gasteiger charge is 2.29. The first-order valence-electron chi connectivity index (χ1n) is 6.75. The van der Waals surface area contributed by atoms with E-state index in [0.717, 1.165) is 32.0 Å². The van der Waals surface area contributed by atoms with Crippen LogP contribution in [-0.4, -0.2) is 32.6 Å². The summed E-state index contributed by atoms with van der Waals surface area (Å²) in [6.07, 6.45) is 2.06. The molecule has 1 aliphatic heterocycles. The van der Waals surface area contributed by atoms with Crippen molar-refractivity contribution in [3.8, 4) is 0 Å². The lowest BCUT2D eigenvalue weighted by molar-refractivity contribution is 0.0697. The van der Waals surface area contributed by atoms with Crippen molar-refractivity contribution in [3.63, 3.8) is 0 Å². The Kier molecular flexibility index (Phi) is 3.99. The van der Waals surface area contributed by atoms with Gasteiger partial charge in [-0.05, 0) is 36.5 Å². The molecule has 1 aliphatic rings. The van der Waals surface area contributed by atoms with Crippen molar-refractivity contribution in [2.45, 2.75) is 31.6 Å². The molecule has 21 heavy (non-hydrogen) atoms. The summed E-state index contributed by atoms with van der Waals surface area (Å²) < 4.78 is 22.7. The van der Waals surface area contributed by atoms with E-state index in [1.807, 2.05) is 4.90 Å². The van der Waals surface area contributed by atoms with Crippen LogP contribution < -0.4 is 10.0 Å². The van der Waals surface area contributed by atoms with Crippen molar-refractivity contribution in [2.75, 3.05) is 18.0 Å². The summed E-state index contributed by atoms with van der Waals surface area (Å²) in [6.45, 7) is 5.77. The molecule has 116 valence electrons.